The number of rotatable bonds is 7. The van der Waals surface area contributed by atoms with Crippen molar-refractivity contribution in [3.8, 4) is 11.5 Å². The minimum Gasteiger partial charge on any atom is -0.497 e. The summed E-state index contributed by atoms with van der Waals surface area (Å²) in [5.41, 5.74) is 3.44. The van der Waals surface area contributed by atoms with Crippen LogP contribution >= 0.6 is 23.4 Å². The third-order valence-corrected chi connectivity index (χ3v) is 7.65. The molecule has 0 radical (unpaired) electrons. The van der Waals surface area contributed by atoms with Gasteiger partial charge in [-0.05, 0) is 59.7 Å². The number of halogens is 1. The summed E-state index contributed by atoms with van der Waals surface area (Å²) in [6, 6.07) is 22.1. The standard InChI is InChI=1S/C28H25ClN4O4S/c1-36-21-11-5-18(6-12-21)24-15-23(17-3-7-19(29)8-4-17)32-33(24)28-31-27(35)25(38-28)16-26(34)30-20-9-13-22(37-2)14-10-20/h3-14,24-25H,15-16H2,1-2H3,(H,30,34)/t24-,25-/m0/s1. The Labute approximate surface area is 229 Å². The van der Waals surface area contributed by atoms with Crippen LogP contribution < -0.4 is 14.8 Å². The molecule has 2 aliphatic heterocycles. The van der Waals surface area contributed by atoms with Gasteiger partial charge in [0.1, 0.15) is 16.7 Å². The summed E-state index contributed by atoms with van der Waals surface area (Å²) in [5, 5.41) is 9.97. The van der Waals surface area contributed by atoms with Crippen LogP contribution in [-0.4, -0.2) is 47.2 Å². The van der Waals surface area contributed by atoms with Gasteiger partial charge in [-0.2, -0.15) is 10.1 Å². The number of benzene rings is 3. The molecule has 2 amide bonds. The number of hydrogen-bond acceptors (Lipinski definition) is 7. The lowest BCUT2D eigenvalue weighted by Crippen LogP contribution is -2.25. The van der Waals surface area contributed by atoms with Gasteiger partial charge in [-0.15, -0.1) is 0 Å². The van der Waals surface area contributed by atoms with Crippen molar-refractivity contribution in [2.24, 2.45) is 10.1 Å². The second-order valence-electron chi connectivity index (χ2n) is 8.71. The van der Waals surface area contributed by atoms with Crippen molar-refractivity contribution in [3.63, 3.8) is 0 Å². The molecule has 1 N–H and O–H groups in total. The van der Waals surface area contributed by atoms with Crippen LogP contribution in [0.1, 0.15) is 30.0 Å². The average molecular weight is 549 g/mol. The first-order valence-corrected chi connectivity index (χ1v) is 13.2. The maximum Gasteiger partial charge on any atom is 0.262 e. The van der Waals surface area contributed by atoms with Gasteiger partial charge >= 0.3 is 0 Å². The van der Waals surface area contributed by atoms with E-state index in [0.717, 1.165) is 22.6 Å². The van der Waals surface area contributed by atoms with Crippen LogP contribution in [-0.2, 0) is 9.59 Å². The van der Waals surface area contributed by atoms with E-state index >= 15 is 0 Å². The first-order valence-electron chi connectivity index (χ1n) is 11.9. The third kappa shape index (κ3) is 5.69. The molecule has 0 bridgehead atoms. The molecule has 3 aromatic carbocycles. The molecule has 8 nitrogen and oxygen atoms in total. The number of nitrogens with one attached hydrogen (secondary N) is 1. The number of carbonyl (C=O) groups is 2. The lowest BCUT2D eigenvalue weighted by atomic mass is 9.98. The second-order valence-corrected chi connectivity index (χ2v) is 10.3. The first-order chi connectivity index (χ1) is 18.4. The summed E-state index contributed by atoms with van der Waals surface area (Å²) < 4.78 is 10.5. The number of carbonyl (C=O) groups excluding carboxylic acids is 2. The maximum absolute atomic E-state index is 12.8. The molecule has 0 aromatic heterocycles. The summed E-state index contributed by atoms with van der Waals surface area (Å²) in [7, 11) is 3.20. The van der Waals surface area contributed by atoms with Crippen LogP contribution in [0.5, 0.6) is 11.5 Å². The van der Waals surface area contributed by atoms with Crippen LogP contribution in [0.4, 0.5) is 5.69 Å². The first kappa shape index (κ1) is 25.8. The molecule has 3 aromatic rings. The fourth-order valence-corrected chi connectivity index (χ4v) is 5.44. The van der Waals surface area contributed by atoms with Gasteiger partial charge in [0.15, 0.2) is 5.17 Å². The molecule has 5 rings (SSSR count). The van der Waals surface area contributed by atoms with Crippen molar-refractivity contribution in [1.29, 1.82) is 0 Å². The molecule has 38 heavy (non-hydrogen) atoms. The molecule has 0 saturated heterocycles. The van der Waals surface area contributed by atoms with E-state index in [-0.39, 0.29) is 24.3 Å². The Balaban J connectivity index is 1.33. The highest BCUT2D eigenvalue weighted by molar-refractivity contribution is 8.15. The van der Waals surface area contributed by atoms with E-state index < -0.39 is 5.25 Å². The summed E-state index contributed by atoms with van der Waals surface area (Å²) >= 11 is 7.34. The predicted octanol–water partition coefficient (Wildman–Crippen LogP) is 5.54. The number of nitrogens with zero attached hydrogens (tertiary/aromatic N) is 3. The zero-order valence-electron chi connectivity index (χ0n) is 20.8. The minimum atomic E-state index is -0.630. The number of anilines is 1. The van der Waals surface area contributed by atoms with Gasteiger partial charge in [-0.3, -0.25) is 9.59 Å². The molecule has 0 unspecified atom stereocenters. The van der Waals surface area contributed by atoms with E-state index in [1.54, 1.807) is 43.5 Å². The third-order valence-electron chi connectivity index (χ3n) is 6.26. The number of hydrazone groups is 1. The Hall–Kier alpha value is -3.82. The Morgan fingerprint density at radius 3 is 2.26 bits per heavy atom. The SMILES string of the molecule is COc1ccc(NC(=O)C[C@@H]2SC(N3N=C(c4ccc(Cl)cc4)C[C@H]3c3ccc(OC)cc3)=NC2=O)cc1. The minimum absolute atomic E-state index is 0.00265. The van der Waals surface area contributed by atoms with Crippen LogP contribution in [0.25, 0.3) is 0 Å². The number of ether oxygens (including phenoxy) is 2. The van der Waals surface area contributed by atoms with E-state index in [1.807, 2.05) is 48.5 Å². The van der Waals surface area contributed by atoms with Gasteiger partial charge in [0.25, 0.3) is 5.91 Å². The van der Waals surface area contributed by atoms with Crippen molar-refractivity contribution >= 4 is 51.7 Å². The number of hydrogen-bond donors (Lipinski definition) is 1. The van der Waals surface area contributed by atoms with E-state index in [1.165, 1.54) is 11.8 Å². The van der Waals surface area contributed by atoms with Crippen molar-refractivity contribution in [2.45, 2.75) is 24.1 Å². The van der Waals surface area contributed by atoms with E-state index in [4.69, 9.17) is 26.2 Å². The Morgan fingerprint density at radius 1 is 1.00 bits per heavy atom. The lowest BCUT2D eigenvalue weighted by Gasteiger charge is -2.23. The summed E-state index contributed by atoms with van der Waals surface area (Å²) in [4.78, 5) is 29.8. The van der Waals surface area contributed by atoms with Crippen LogP contribution in [0.2, 0.25) is 5.02 Å². The Morgan fingerprint density at radius 2 is 1.63 bits per heavy atom. The lowest BCUT2D eigenvalue weighted by molar-refractivity contribution is -0.121. The molecule has 2 atom stereocenters. The van der Waals surface area contributed by atoms with Gasteiger partial charge < -0.3 is 14.8 Å². The maximum atomic E-state index is 12.8. The topological polar surface area (TPSA) is 92.6 Å². The summed E-state index contributed by atoms with van der Waals surface area (Å²) in [6.07, 6.45) is 0.613. The fraction of sp³-hybridized carbons (Fsp3) is 0.214. The van der Waals surface area contributed by atoms with E-state index in [9.17, 15) is 9.59 Å². The molecule has 0 aliphatic carbocycles. The van der Waals surface area contributed by atoms with Crippen LogP contribution in [0.3, 0.4) is 0 Å². The second kappa shape index (κ2) is 11.3. The molecule has 0 spiro atoms. The Kier molecular flexibility index (Phi) is 7.67. The number of methoxy groups -OCH3 is 2. The van der Waals surface area contributed by atoms with E-state index in [2.05, 4.69) is 10.3 Å². The highest BCUT2D eigenvalue weighted by atomic mass is 35.5. The highest BCUT2D eigenvalue weighted by Gasteiger charge is 2.39. The molecular weight excluding hydrogens is 524 g/mol. The molecule has 10 heteroatoms. The number of amides is 2. The van der Waals surface area contributed by atoms with E-state index in [0.29, 0.717) is 28.0 Å². The quantitative estimate of drug-likeness (QED) is 0.417. The predicted molar refractivity (Wildman–Crippen MR) is 150 cm³/mol. The molecule has 2 aliphatic rings. The number of amidine groups is 1. The van der Waals surface area contributed by atoms with Gasteiger partial charge in [0.2, 0.25) is 5.91 Å². The average Bonchev–Trinajstić information content (AvgIpc) is 3.53. The number of thioether (sulfide) groups is 1. The normalized spacial score (nSPS) is 18.7. The van der Waals surface area contributed by atoms with Crippen molar-refractivity contribution < 1.29 is 19.1 Å². The van der Waals surface area contributed by atoms with Gasteiger partial charge in [0.05, 0.1) is 26.0 Å². The zero-order valence-corrected chi connectivity index (χ0v) is 22.3. The molecule has 194 valence electrons. The van der Waals surface area contributed by atoms with Crippen molar-refractivity contribution in [2.75, 3.05) is 19.5 Å². The summed E-state index contributed by atoms with van der Waals surface area (Å²) in [6.45, 7) is 0. The fourth-order valence-electron chi connectivity index (χ4n) is 4.25. The molecule has 0 saturated carbocycles. The monoisotopic (exact) mass is 548 g/mol. The highest BCUT2D eigenvalue weighted by Crippen LogP contribution is 2.39. The van der Waals surface area contributed by atoms with Crippen molar-refractivity contribution in [1.82, 2.24) is 5.01 Å². The van der Waals surface area contributed by atoms with Crippen LogP contribution in [0.15, 0.2) is 82.9 Å². The number of aliphatic imine (C=N–C) groups is 1. The van der Waals surface area contributed by atoms with Gasteiger partial charge in [-0.25, -0.2) is 5.01 Å². The van der Waals surface area contributed by atoms with Gasteiger partial charge in [-0.1, -0.05) is 47.6 Å². The molecular formula is C28H25ClN4O4S. The molecule has 0 fully saturated rings. The molecule has 2 heterocycles. The van der Waals surface area contributed by atoms with Crippen LogP contribution in [0, 0.1) is 0 Å². The summed E-state index contributed by atoms with van der Waals surface area (Å²) in [5.74, 6) is 0.829. The zero-order chi connectivity index (χ0) is 26.6. The smallest absolute Gasteiger partial charge is 0.262 e. The van der Waals surface area contributed by atoms with Gasteiger partial charge in [0, 0.05) is 23.6 Å². The van der Waals surface area contributed by atoms with Crippen molar-refractivity contribution in [3.05, 3.63) is 88.9 Å². The Bertz CT molecular complexity index is 1390. The largest absolute Gasteiger partial charge is 0.497 e.